The summed E-state index contributed by atoms with van der Waals surface area (Å²) in [6.45, 7) is 3.24. The highest BCUT2D eigenvalue weighted by atomic mass is 15.1. The van der Waals surface area contributed by atoms with Crippen LogP contribution in [0.3, 0.4) is 0 Å². The molecule has 1 aliphatic rings. The maximum atomic E-state index is 8.91. The Hall–Kier alpha value is -1.33. The molecule has 0 bridgehead atoms. The fraction of sp³-hybridized carbons (Fsp3) is 0.417. The molecule has 2 nitrogen and oxygen atoms in total. The highest BCUT2D eigenvalue weighted by molar-refractivity contribution is 5.36. The van der Waals surface area contributed by atoms with E-state index in [0.29, 0.717) is 0 Å². The van der Waals surface area contributed by atoms with Crippen molar-refractivity contribution in [2.75, 3.05) is 13.1 Å². The molecule has 1 saturated heterocycles. The summed E-state index contributed by atoms with van der Waals surface area (Å²) >= 11 is 0. The van der Waals surface area contributed by atoms with Gasteiger partial charge in [0.2, 0.25) is 0 Å². The third-order valence-corrected chi connectivity index (χ3v) is 2.66. The molecule has 1 heterocycles. The van der Waals surface area contributed by atoms with Gasteiger partial charge in [0.25, 0.3) is 0 Å². The Bertz CT molecular complexity index is 346. The lowest BCUT2D eigenvalue weighted by Crippen LogP contribution is -2.18. The van der Waals surface area contributed by atoms with E-state index in [1.54, 1.807) is 6.07 Å². The highest BCUT2D eigenvalue weighted by Crippen LogP contribution is 2.14. The van der Waals surface area contributed by atoms with Crippen molar-refractivity contribution in [3.8, 4) is 6.07 Å². The number of rotatable bonds is 2. The van der Waals surface area contributed by atoms with Crippen LogP contribution in [0.5, 0.6) is 0 Å². The second kappa shape index (κ2) is 4.26. The van der Waals surface area contributed by atoms with E-state index in [1.807, 2.05) is 12.1 Å². The van der Waals surface area contributed by atoms with Crippen molar-refractivity contribution in [3.05, 3.63) is 35.4 Å². The number of hydrogen-bond donors (Lipinski definition) is 0. The van der Waals surface area contributed by atoms with Crippen LogP contribution in [0.2, 0.25) is 0 Å². The Kier molecular flexibility index (Phi) is 2.81. The molecule has 0 amide bonds. The standard InChI is InChI=1S/C12H13N2/c13-9-11-5-1-2-6-12(11)10-14-7-3-4-8-14/h1,5-6H,3-4,7-8,10H2. The Morgan fingerprint density at radius 1 is 1.43 bits per heavy atom. The van der Waals surface area contributed by atoms with E-state index in [-0.39, 0.29) is 0 Å². The van der Waals surface area contributed by atoms with Crippen molar-refractivity contribution in [1.29, 1.82) is 5.26 Å². The van der Waals surface area contributed by atoms with E-state index in [1.165, 1.54) is 25.9 Å². The molecule has 0 N–H and O–H groups in total. The molecular formula is C12H13N2. The van der Waals surface area contributed by atoms with Crippen LogP contribution in [0.1, 0.15) is 24.0 Å². The topological polar surface area (TPSA) is 27.0 Å². The molecule has 1 fully saturated rings. The van der Waals surface area contributed by atoms with Crippen LogP contribution >= 0.6 is 0 Å². The Balaban J connectivity index is 2.11. The van der Waals surface area contributed by atoms with Gasteiger partial charge in [0, 0.05) is 6.54 Å². The first-order valence-corrected chi connectivity index (χ1v) is 5.01. The zero-order chi connectivity index (χ0) is 9.80. The van der Waals surface area contributed by atoms with Gasteiger partial charge in [0.05, 0.1) is 11.6 Å². The molecule has 1 aromatic rings. The van der Waals surface area contributed by atoms with Crippen molar-refractivity contribution in [2.45, 2.75) is 19.4 Å². The average molecular weight is 185 g/mol. The number of benzene rings is 1. The van der Waals surface area contributed by atoms with Gasteiger partial charge in [-0.25, -0.2) is 0 Å². The Morgan fingerprint density at radius 3 is 2.93 bits per heavy atom. The summed E-state index contributed by atoms with van der Waals surface area (Å²) < 4.78 is 0. The van der Waals surface area contributed by atoms with Crippen molar-refractivity contribution in [1.82, 2.24) is 4.90 Å². The van der Waals surface area contributed by atoms with Gasteiger partial charge in [0.15, 0.2) is 0 Å². The monoisotopic (exact) mass is 185 g/mol. The van der Waals surface area contributed by atoms with Gasteiger partial charge >= 0.3 is 0 Å². The van der Waals surface area contributed by atoms with E-state index in [0.717, 1.165) is 17.7 Å². The molecule has 1 radical (unpaired) electrons. The molecule has 0 spiro atoms. The zero-order valence-electron chi connectivity index (χ0n) is 8.16. The van der Waals surface area contributed by atoms with Crippen LogP contribution in [0.15, 0.2) is 18.2 Å². The smallest absolute Gasteiger partial charge is 0.0995 e. The molecule has 2 rings (SSSR count). The minimum Gasteiger partial charge on any atom is -0.299 e. The van der Waals surface area contributed by atoms with Crippen molar-refractivity contribution >= 4 is 0 Å². The molecule has 2 heteroatoms. The largest absolute Gasteiger partial charge is 0.299 e. The van der Waals surface area contributed by atoms with E-state index in [9.17, 15) is 0 Å². The van der Waals surface area contributed by atoms with Gasteiger partial charge in [-0.15, -0.1) is 0 Å². The Labute approximate surface area is 84.8 Å². The van der Waals surface area contributed by atoms with Crippen LogP contribution < -0.4 is 0 Å². The van der Waals surface area contributed by atoms with Crippen LogP contribution in [0, 0.1) is 17.4 Å². The molecule has 14 heavy (non-hydrogen) atoms. The fourth-order valence-electron chi connectivity index (χ4n) is 1.89. The maximum absolute atomic E-state index is 8.91. The van der Waals surface area contributed by atoms with Gasteiger partial charge in [-0.05, 0) is 49.7 Å². The van der Waals surface area contributed by atoms with E-state index in [4.69, 9.17) is 5.26 Å². The average Bonchev–Trinajstić information content (AvgIpc) is 2.71. The van der Waals surface area contributed by atoms with Gasteiger partial charge in [-0.3, -0.25) is 4.90 Å². The first kappa shape index (κ1) is 9.23. The first-order valence-electron chi connectivity index (χ1n) is 5.01. The van der Waals surface area contributed by atoms with Gasteiger partial charge in [-0.1, -0.05) is 6.07 Å². The number of hydrogen-bond acceptors (Lipinski definition) is 2. The van der Waals surface area contributed by atoms with Gasteiger partial charge in [0.1, 0.15) is 0 Å². The summed E-state index contributed by atoms with van der Waals surface area (Å²) in [5.41, 5.74) is 1.90. The molecule has 0 aromatic heterocycles. The summed E-state index contributed by atoms with van der Waals surface area (Å²) in [6.07, 6.45) is 2.58. The predicted octanol–water partition coefficient (Wildman–Crippen LogP) is 1.95. The molecule has 71 valence electrons. The molecule has 1 aliphatic heterocycles. The van der Waals surface area contributed by atoms with Crippen molar-refractivity contribution in [3.63, 3.8) is 0 Å². The van der Waals surface area contributed by atoms with Crippen molar-refractivity contribution < 1.29 is 0 Å². The van der Waals surface area contributed by atoms with Gasteiger partial charge < -0.3 is 0 Å². The van der Waals surface area contributed by atoms with Crippen LogP contribution in [-0.2, 0) is 6.54 Å². The molecule has 0 unspecified atom stereocenters. The first-order chi connectivity index (χ1) is 6.90. The molecule has 0 saturated carbocycles. The van der Waals surface area contributed by atoms with Crippen LogP contribution in [0.25, 0.3) is 0 Å². The second-order valence-electron chi connectivity index (χ2n) is 3.68. The molecule has 0 aliphatic carbocycles. The SMILES string of the molecule is N#Cc1cc[c]cc1CN1CCCC1. The van der Waals surface area contributed by atoms with E-state index in [2.05, 4.69) is 17.0 Å². The molecular weight excluding hydrogens is 172 g/mol. The lowest BCUT2D eigenvalue weighted by atomic mass is 10.1. The number of nitriles is 1. The zero-order valence-corrected chi connectivity index (χ0v) is 8.16. The second-order valence-corrected chi connectivity index (χ2v) is 3.68. The summed E-state index contributed by atoms with van der Waals surface area (Å²) in [4.78, 5) is 2.39. The highest BCUT2D eigenvalue weighted by Gasteiger charge is 2.12. The molecule has 0 atom stereocenters. The summed E-state index contributed by atoms with van der Waals surface area (Å²) in [7, 11) is 0. The third-order valence-electron chi connectivity index (χ3n) is 2.66. The van der Waals surface area contributed by atoms with Crippen LogP contribution in [0.4, 0.5) is 0 Å². The quantitative estimate of drug-likeness (QED) is 0.704. The van der Waals surface area contributed by atoms with Gasteiger partial charge in [-0.2, -0.15) is 5.26 Å². The van der Waals surface area contributed by atoms with Crippen molar-refractivity contribution in [2.24, 2.45) is 0 Å². The van der Waals surface area contributed by atoms with Crippen LogP contribution in [-0.4, -0.2) is 18.0 Å². The lowest BCUT2D eigenvalue weighted by Gasteiger charge is -2.14. The molecule has 1 aromatic carbocycles. The minimum absolute atomic E-state index is 0.788. The van der Waals surface area contributed by atoms with E-state index >= 15 is 0 Å². The normalized spacial score (nSPS) is 16.8. The number of likely N-dealkylation sites (tertiary alicyclic amines) is 1. The third kappa shape index (κ3) is 1.94. The van der Waals surface area contributed by atoms with E-state index < -0.39 is 0 Å². The maximum Gasteiger partial charge on any atom is 0.0995 e. The summed E-state index contributed by atoms with van der Waals surface area (Å²) in [5.74, 6) is 0. The minimum atomic E-state index is 0.788. The predicted molar refractivity (Wildman–Crippen MR) is 54.5 cm³/mol. The summed E-state index contributed by atoms with van der Waals surface area (Å²) in [6, 6.07) is 10.8. The fourth-order valence-corrected chi connectivity index (χ4v) is 1.89. The summed E-state index contributed by atoms with van der Waals surface area (Å²) in [5, 5.41) is 8.91. The Morgan fingerprint density at radius 2 is 2.21 bits per heavy atom. The lowest BCUT2D eigenvalue weighted by molar-refractivity contribution is 0.331. The number of nitrogens with zero attached hydrogens (tertiary/aromatic N) is 2.